The van der Waals surface area contributed by atoms with Crippen LogP contribution >= 0.6 is 0 Å². The smallest absolute Gasteiger partial charge is 0.275 e. The van der Waals surface area contributed by atoms with Gasteiger partial charge in [0.1, 0.15) is 5.82 Å². The zero-order valence-corrected chi connectivity index (χ0v) is 18.8. The topological polar surface area (TPSA) is 92.9 Å². The molecule has 3 aromatic heterocycles. The fourth-order valence-electron chi connectivity index (χ4n) is 3.67. The second kappa shape index (κ2) is 8.05. The molecular weight excluding hydrogens is 414 g/mol. The van der Waals surface area contributed by atoms with E-state index in [1.54, 1.807) is 6.20 Å². The van der Waals surface area contributed by atoms with Crippen LogP contribution < -0.4 is 10.9 Å². The monoisotopic (exact) mass is 439 g/mol. The van der Waals surface area contributed by atoms with Gasteiger partial charge in [-0.3, -0.25) is 4.79 Å². The average Bonchev–Trinajstić information content (AvgIpc) is 3.45. The van der Waals surface area contributed by atoms with Gasteiger partial charge in [-0.2, -0.15) is 14.6 Å². The number of benzene rings is 2. The zero-order valence-electron chi connectivity index (χ0n) is 18.8. The highest BCUT2D eigenvalue weighted by Gasteiger charge is 2.15. The van der Waals surface area contributed by atoms with Gasteiger partial charge in [0, 0.05) is 23.4 Å². The predicted octanol–water partition coefficient (Wildman–Crippen LogP) is 4.18. The second-order valence-electron chi connectivity index (χ2n) is 8.95. The van der Waals surface area contributed by atoms with E-state index in [0.717, 1.165) is 17.1 Å². The molecule has 8 heteroatoms. The second-order valence-corrected chi connectivity index (χ2v) is 8.95. The Hall–Kier alpha value is -4.20. The van der Waals surface area contributed by atoms with Crippen LogP contribution in [0.25, 0.3) is 22.9 Å². The number of para-hydroxylation sites is 1. The first-order valence-corrected chi connectivity index (χ1v) is 10.8. The number of fused-ring (bicyclic) bond motifs is 1. The van der Waals surface area contributed by atoms with E-state index in [4.69, 9.17) is 0 Å². The van der Waals surface area contributed by atoms with Crippen molar-refractivity contribution in [3.63, 3.8) is 0 Å². The molecule has 2 N–H and O–H groups in total. The van der Waals surface area contributed by atoms with E-state index in [1.165, 1.54) is 16.1 Å². The van der Waals surface area contributed by atoms with Crippen molar-refractivity contribution >= 4 is 11.6 Å². The van der Waals surface area contributed by atoms with Crippen LogP contribution in [0, 0.1) is 0 Å². The van der Waals surface area contributed by atoms with Crippen LogP contribution in [0.1, 0.15) is 32.0 Å². The molecule has 0 fully saturated rings. The summed E-state index contributed by atoms with van der Waals surface area (Å²) in [6.07, 6.45) is 1.73. The summed E-state index contributed by atoms with van der Waals surface area (Å²) >= 11 is 0. The minimum absolute atomic E-state index is 0.0681. The van der Waals surface area contributed by atoms with Gasteiger partial charge in [0.2, 0.25) is 5.78 Å². The molecule has 5 aromatic rings. The fraction of sp³-hybridized carbons (Fsp3) is 0.200. The minimum Gasteiger partial charge on any atom is -0.364 e. The molecule has 0 saturated carbocycles. The van der Waals surface area contributed by atoms with E-state index in [0.29, 0.717) is 23.8 Å². The van der Waals surface area contributed by atoms with Crippen molar-refractivity contribution in [3.8, 4) is 17.1 Å². The summed E-state index contributed by atoms with van der Waals surface area (Å²) in [5.41, 5.74) is 3.59. The Morgan fingerprint density at radius 3 is 2.48 bits per heavy atom. The molecule has 0 bridgehead atoms. The lowest BCUT2D eigenvalue weighted by molar-refractivity contribution is 0.590. The van der Waals surface area contributed by atoms with Crippen LogP contribution in [0.15, 0.2) is 77.7 Å². The lowest BCUT2D eigenvalue weighted by Crippen LogP contribution is -2.17. The molecule has 0 aliphatic rings. The number of rotatable bonds is 5. The lowest BCUT2D eigenvalue weighted by Gasteiger charge is -2.18. The highest BCUT2D eigenvalue weighted by molar-refractivity contribution is 5.57. The van der Waals surface area contributed by atoms with Gasteiger partial charge in [-0.25, -0.2) is 4.68 Å². The molecule has 166 valence electrons. The molecule has 33 heavy (non-hydrogen) atoms. The number of hydrogen-bond donors (Lipinski definition) is 2. The average molecular weight is 440 g/mol. The molecule has 0 aliphatic carbocycles. The standard InChI is InChI=1S/C25H25N7O/c1-25(2,3)18-11-9-17(10-12-18)23-29-24-28-19(15-22(33)32(24)30-23)16-26-21-13-14-27-31(21)20-7-5-4-6-8-20/h4-15,26H,16H2,1-3H3,(H,28,29,30). The van der Waals surface area contributed by atoms with Crippen molar-refractivity contribution in [1.29, 1.82) is 0 Å². The maximum Gasteiger partial charge on any atom is 0.275 e. The van der Waals surface area contributed by atoms with Crippen molar-refractivity contribution in [2.75, 3.05) is 5.32 Å². The van der Waals surface area contributed by atoms with E-state index in [2.05, 4.69) is 58.4 Å². The predicted molar refractivity (Wildman–Crippen MR) is 129 cm³/mol. The van der Waals surface area contributed by atoms with Crippen LogP contribution in [-0.2, 0) is 12.0 Å². The highest BCUT2D eigenvalue weighted by Crippen LogP contribution is 2.25. The molecule has 5 rings (SSSR count). The number of aromatic nitrogens is 6. The molecule has 0 spiro atoms. The van der Waals surface area contributed by atoms with Gasteiger partial charge in [-0.15, -0.1) is 5.10 Å². The Kier molecular flexibility index (Phi) is 5.05. The van der Waals surface area contributed by atoms with E-state index < -0.39 is 0 Å². The molecule has 0 atom stereocenters. The fourth-order valence-corrected chi connectivity index (χ4v) is 3.67. The number of aromatic amines is 1. The van der Waals surface area contributed by atoms with Gasteiger partial charge in [0.15, 0.2) is 5.82 Å². The van der Waals surface area contributed by atoms with E-state index >= 15 is 0 Å². The molecule has 0 saturated heterocycles. The highest BCUT2D eigenvalue weighted by atomic mass is 16.1. The van der Waals surface area contributed by atoms with E-state index in [-0.39, 0.29) is 11.0 Å². The Morgan fingerprint density at radius 1 is 1.00 bits per heavy atom. The summed E-state index contributed by atoms with van der Waals surface area (Å²) in [7, 11) is 0. The third kappa shape index (κ3) is 4.15. The first kappa shape index (κ1) is 20.7. The molecule has 0 aliphatic heterocycles. The van der Waals surface area contributed by atoms with Crippen LogP contribution in [0.3, 0.4) is 0 Å². The first-order chi connectivity index (χ1) is 15.9. The lowest BCUT2D eigenvalue weighted by atomic mass is 9.87. The summed E-state index contributed by atoms with van der Waals surface area (Å²) in [6, 6.07) is 21.4. The minimum atomic E-state index is -0.234. The summed E-state index contributed by atoms with van der Waals surface area (Å²) in [4.78, 5) is 20.4. The Morgan fingerprint density at radius 2 is 1.76 bits per heavy atom. The molecule has 8 nitrogen and oxygen atoms in total. The Balaban J connectivity index is 1.39. The number of H-pyrrole nitrogens is 1. The van der Waals surface area contributed by atoms with Crippen LogP contribution in [0.4, 0.5) is 5.82 Å². The number of hydrogen-bond acceptors (Lipinski definition) is 5. The van der Waals surface area contributed by atoms with Crippen LogP contribution in [0.5, 0.6) is 0 Å². The van der Waals surface area contributed by atoms with Crippen molar-refractivity contribution in [2.24, 2.45) is 0 Å². The number of nitrogens with one attached hydrogen (secondary N) is 2. The van der Waals surface area contributed by atoms with Gasteiger partial charge in [0.25, 0.3) is 5.56 Å². The Bertz CT molecular complexity index is 1450. The van der Waals surface area contributed by atoms with Crippen molar-refractivity contribution in [1.82, 2.24) is 29.4 Å². The Labute approximate surface area is 190 Å². The summed E-state index contributed by atoms with van der Waals surface area (Å²) in [6.45, 7) is 6.93. The third-order valence-corrected chi connectivity index (χ3v) is 5.50. The molecule has 2 aromatic carbocycles. The van der Waals surface area contributed by atoms with Gasteiger partial charge in [0.05, 0.1) is 18.4 Å². The van der Waals surface area contributed by atoms with Gasteiger partial charge in [-0.1, -0.05) is 63.2 Å². The van der Waals surface area contributed by atoms with Gasteiger partial charge < -0.3 is 10.3 Å². The third-order valence-electron chi connectivity index (χ3n) is 5.50. The summed E-state index contributed by atoms with van der Waals surface area (Å²) in [5, 5.41) is 12.1. The van der Waals surface area contributed by atoms with Crippen LogP contribution in [0.2, 0.25) is 0 Å². The SMILES string of the molecule is CC(C)(C)c1ccc(-c2nc3[nH]c(CNc4ccnn4-c4ccccc4)cc(=O)n3n2)cc1. The van der Waals surface area contributed by atoms with E-state index in [1.807, 2.05) is 53.2 Å². The van der Waals surface area contributed by atoms with Gasteiger partial charge >= 0.3 is 0 Å². The summed E-state index contributed by atoms with van der Waals surface area (Å²) < 4.78 is 3.11. The largest absolute Gasteiger partial charge is 0.364 e. The van der Waals surface area contributed by atoms with Gasteiger partial charge in [-0.05, 0) is 23.1 Å². The molecule has 0 amide bonds. The maximum atomic E-state index is 12.7. The van der Waals surface area contributed by atoms with E-state index in [9.17, 15) is 4.79 Å². The number of nitrogens with zero attached hydrogens (tertiary/aromatic N) is 5. The van der Waals surface area contributed by atoms with Crippen molar-refractivity contribution < 1.29 is 0 Å². The molecule has 3 heterocycles. The normalized spacial score (nSPS) is 11.7. The van der Waals surface area contributed by atoms with Crippen molar-refractivity contribution in [3.05, 3.63) is 94.5 Å². The molecular formula is C25H25N7O. The maximum absolute atomic E-state index is 12.7. The van der Waals surface area contributed by atoms with Crippen molar-refractivity contribution in [2.45, 2.75) is 32.7 Å². The zero-order chi connectivity index (χ0) is 23.0. The number of anilines is 1. The van der Waals surface area contributed by atoms with Crippen LogP contribution in [-0.4, -0.2) is 29.4 Å². The molecule has 0 radical (unpaired) electrons. The summed E-state index contributed by atoms with van der Waals surface area (Å²) in [5.74, 6) is 1.74. The first-order valence-electron chi connectivity index (χ1n) is 10.8. The quantitative estimate of drug-likeness (QED) is 0.429. The molecule has 0 unspecified atom stereocenters.